The van der Waals surface area contributed by atoms with Gasteiger partial charge in [0.15, 0.2) is 0 Å². The van der Waals surface area contributed by atoms with Crippen molar-refractivity contribution in [2.45, 2.75) is 25.3 Å². The average molecular weight is 293 g/mol. The summed E-state index contributed by atoms with van der Waals surface area (Å²) in [4.78, 5) is 28.4. The van der Waals surface area contributed by atoms with Crippen molar-refractivity contribution in [1.29, 1.82) is 0 Å². The Labute approximate surface area is 122 Å². The van der Waals surface area contributed by atoms with E-state index in [2.05, 4.69) is 10.6 Å². The van der Waals surface area contributed by atoms with Gasteiger partial charge in [-0.3, -0.25) is 9.59 Å². The fourth-order valence-electron chi connectivity index (χ4n) is 2.92. The minimum Gasteiger partial charge on any atom is -0.357 e. The quantitative estimate of drug-likeness (QED) is 0.829. The smallest absolute Gasteiger partial charge is 0.264 e. The zero-order valence-corrected chi connectivity index (χ0v) is 12.4. The number of thiophene rings is 1. The van der Waals surface area contributed by atoms with Crippen LogP contribution in [0.4, 0.5) is 0 Å². The Bertz CT molecular complexity index is 519. The Morgan fingerprint density at radius 2 is 2.30 bits per heavy atom. The third-order valence-corrected chi connectivity index (χ3v) is 5.24. The first-order valence-corrected chi connectivity index (χ1v) is 7.87. The van der Waals surface area contributed by atoms with Crippen LogP contribution in [0.5, 0.6) is 0 Å². The van der Waals surface area contributed by atoms with Crippen molar-refractivity contribution in [2.24, 2.45) is 0 Å². The van der Waals surface area contributed by atoms with Crippen LogP contribution >= 0.6 is 11.3 Å². The van der Waals surface area contributed by atoms with Gasteiger partial charge in [-0.05, 0) is 30.9 Å². The lowest BCUT2D eigenvalue weighted by atomic mass is 10.1. The van der Waals surface area contributed by atoms with Gasteiger partial charge in [-0.2, -0.15) is 0 Å². The van der Waals surface area contributed by atoms with Gasteiger partial charge in [0.05, 0.1) is 4.88 Å². The van der Waals surface area contributed by atoms with E-state index in [9.17, 15) is 9.59 Å². The first-order chi connectivity index (χ1) is 9.70. The fraction of sp³-hybridized carbons (Fsp3) is 0.571. The van der Waals surface area contributed by atoms with Crippen molar-refractivity contribution < 1.29 is 9.59 Å². The maximum atomic E-state index is 12.7. The van der Waals surface area contributed by atoms with Crippen LogP contribution in [0.15, 0.2) is 6.07 Å². The predicted octanol–water partition coefficient (Wildman–Crippen LogP) is 0.397. The van der Waals surface area contributed by atoms with Gasteiger partial charge in [0.1, 0.15) is 6.04 Å². The van der Waals surface area contributed by atoms with E-state index in [1.807, 2.05) is 6.07 Å². The predicted molar refractivity (Wildman–Crippen MR) is 78.1 cm³/mol. The normalized spacial score (nSPS) is 21.6. The molecule has 3 rings (SSSR count). The summed E-state index contributed by atoms with van der Waals surface area (Å²) in [6, 6.07) is 1.62. The molecule has 2 amide bonds. The number of nitrogens with one attached hydrogen (secondary N) is 2. The first kappa shape index (κ1) is 13.6. The molecule has 108 valence electrons. The molecule has 1 unspecified atom stereocenters. The first-order valence-electron chi connectivity index (χ1n) is 7.05. The van der Waals surface area contributed by atoms with E-state index in [-0.39, 0.29) is 11.8 Å². The Balaban J connectivity index is 1.81. The van der Waals surface area contributed by atoms with Crippen molar-refractivity contribution in [3.8, 4) is 0 Å². The highest BCUT2D eigenvalue weighted by Crippen LogP contribution is 2.31. The second-order valence-electron chi connectivity index (χ2n) is 5.25. The Morgan fingerprint density at radius 3 is 3.05 bits per heavy atom. The Hall–Kier alpha value is -1.40. The van der Waals surface area contributed by atoms with Gasteiger partial charge >= 0.3 is 0 Å². The second-order valence-corrected chi connectivity index (χ2v) is 6.38. The maximum Gasteiger partial charge on any atom is 0.264 e. The maximum absolute atomic E-state index is 12.7. The van der Waals surface area contributed by atoms with Crippen molar-refractivity contribution in [1.82, 2.24) is 15.5 Å². The monoisotopic (exact) mass is 293 g/mol. The lowest BCUT2D eigenvalue weighted by Gasteiger charge is -2.34. The van der Waals surface area contributed by atoms with E-state index in [0.29, 0.717) is 13.1 Å². The number of aryl methyl sites for hydroxylation is 2. The van der Waals surface area contributed by atoms with Crippen molar-refractivity contribution in [2.75, 3.05) is 26.7 Å². The summed E-state index contributed by atoms with van der Waals surface area (Å²) < 4.78 is 0. The van der Waals surface area contributed by atoms with Crippen LogP contribution in [-0.4, -0.2) is 49.4 Å². The zero-order chi connectivity index (χ0) is 14.1. The van der Waals surface area contributed by atoms with E-state index < -0.39 is 6.04 Å². The molecule has 5 nitrogen and oxygen atoms in total. The number of amides is 2. The number of nitrogens with zero attached hydrogens (tertiary/aromatic N) is 1. The molecule has 2 heterocycles. The topological polar surface area (TPSA) is 61.4 Å². The van der Waals surface area contributed by atoms with Crippen LogP contribution in [0.2, 0.25) is 0 Å². The molecule has 2 aliphatic rings. The molecule has 1 fully saturated rings. The molecule has 0 radical (unpaired) electrons. The van der Waals surface area contributed by atoms with Crippen molar-refractivity contribution in [3.05, 3.63) is 21.4 Å². The molecule has 20 heavy (non-hydrogen) atoms. The third-order valence-electron chi connectivity index (χ3n) is 4.01. The summed E-state index contributed by atoms with van der Waals surface area (Å²) in [6.07, 6.45) is 3.37. The molecule has 1 saturated heterocycles. The number of rotatable bonds is 2. The van der Waals surface area contributed by atoms with E-state index in [1.165, 1.54) is 16.9 Å². The molecule has 1 aromatic heterocycles. The second kappa shape index (κ2) is 5.54. The molecule has 0 saturated carbocycles. The van der Waals surface area contributed by atoms with Crippen LogP contribution in [0.25, 0.3) is 0 Å². The lowest BCUT2D eigenvalue weighted by molar-refractivity contribution is -0.125. The number of carbonyl (C=O) groups excluding carboxylic acids is 2. The molecule has 0 spiro atoms. The Morgan fingerprint density at radius 1 is 1.45 bits per heavy atom. The lowest BCUT2D eigenvalue weighted by Crippen LogP contribution is -2.59. The molecule has 0 aromatic carbocycles. The molecular weight excluding hydrogens is 274 g/mol. The van der Waals surface area contributed by atoms with Gasteiger partial charge in [-0.1, -0.05) is 0 Å². The fourth-order valence-corrected chi connectivity index (χ4v) is 4.13. The van der Waals surface area contributed by atoms with Crippen molar-refractivity contribution in [3.63, 3.8) is 0 Å². The SMILES string of the molecule is CNC(=O)C1CNCCN1C(=O)c1cc2c(s1)CCC2. The molecule has 2 N–H and O–H groups in total. The average Bonchev–Trinajstić information content (AvgIpc) is 3.07. The van der Waals surface area contributed by atoms with E-state index in [4.69, 9.17) is 0 Å². The molecule has 1 aliphatic heterocycles. The van der Waals surface area contributed by atoms with Gasteiger partial charge in [0.25, 0.3) is 5.91 Å². The molecule has 6 heteroatoms. The van der Waals surface area contributed by atoms with Crippen molar-refractivity contribution >= 4 is 23.2 Å². The van der Waals surface area contributed by atoms with Crippen LogP contribution in [0.1, 0.15) is 26.5 Å². The minimum atomic E-state index is -0.404. The number of hydrogen-bond donors (Lipinski definition) is 2. The van der Waals surface area contributed by atoms with Gasteiger partial charge in [0, 0.05) is 31.6 Å². The van der Waals surface area contributed by atoms with E-state index in [0.717, 1.165) is 24.3 Å². The summed E-state index contributed by atoms with van der Waals surface area (Å²) in [5, 5.41) is 5.81. The zero-order valence-electron chi connectivity index (χ0n) is 11.6. The number of piperazine rings is 1. The highest BCUT2D eigenvalue weighted by atomic mass is 32.1. The summed E-state index contributed by atoms with van der Waals surface area (Å²) in [5.41, 5.74) is 1.32. The van der Waals surface area contributed by atoms with Gasteiger partial charge in [0.2, 0.25) is 5.91 Å². The molecule has 1 atom stereocenters. The van der Waals surface area contributed by atoms with Crippen LogP contribution < -0.4 is 10.6 Å². The third kappa shape index (κ3) is 2.33. The van der Waals surface area contributed by atoms with E-state index >= 15 is 0 Å². The highest BCUT2D eigenvalue weighted by Gasteiger charge is 2.33. The number of hydrogen-bond acceptors (Lipinski definition) is 4. The number of likely N-dealkylation sites (N-methyl/N-ethyl adjacent to an activating group) is 1. The Kier molecular flexibility index (Phi) is 3.76. The number of carbonyl (C=O) groups is 2. The molecule has 1 aliphatic carbocycles. The standard InChI is InChI=1S/C14H19N3O2S/c1-15-13(18)10-8-16-5-6-17(10)14(19)12-7-9-3-2-4-11(9)20-12/h7,10,16H,2-6,8H2,1H3,(H,15,18). The number of fused-ring (bicyclic) bond motifs is 1. The minimum absolute atomic E-state index is 0.000463. The largest absolute Gasteiger partial charge is 0.357 e. The summed E-state index contributed by atoms with van der Waals surface area (Å²) in [5.74, 6) is -0.103. The summed E-state index contributed by atoms with van der Waals surface area (Å²) in [7, 11) is 1.61. The van der Waals surface area contributed by atoms with Crippen LogP contribution in [0.3, 0.4) is 0 Å². The molecule has 0 bridgehead atoms. The van der Waals surface area contributed by atoms with E-state index in [1.54, 1.807) is 23.3 Å². The van der Waals surface area contributed by atoms with Gasteiger partial charge < -0.3 is 15.5 Å². The summed E-state index contributed by atoms with van der Waals surface area (Å²) in [6.45, 7) is 1.85. The highest BCUT2D eigenvalue weighted by molar-refractivity contribution is 7.14. The van der Waals surface area contributed by atoms with Gasteiger partial charge in [-0.25, -0.2) is 0 Å². The molecule has 1 aromatic rings. The summed E-state index contributed by atoms with van der Waals surface area (Å²) >= 11 is 1.60. The van der Waals surface area contributed by atoms with Crippen LogP contribution in [0, 0.1) is 0 Å². The molecular formula is C14H19N3O2S. The van der Waals surface area contributed by atoms with Crippen LogP contribution in [-0.2, 0) is 17.6 Å². The van der Waals surface area contributed by atoms with Gasteiger partial charge in [-0.15, -0.1) is 11.3 Å².